The number of halogens is 1. The molecule has 260 valence electrons. The Hall–Kier alpha value is -5.02. The smallest absolute Gasteiger partial charge is 0.220 e. The van der Waals surface area contributed by atoms with E-state index in [4.69, 9.17) is 26.1 Å². The van der Waals surface area contributed by atoms with Gasteiger partial charge < -0.3 is 20.1 Å². The number of pyridine rings is 2. The third-order valence-corrected chi connectivity index (χ3v) is 11.1. The van der Waals surface area contributed by atoms with E-state index in [0.29, 0.717) is 63.9 Å². The molecule has 2 spiro atoms. The minimum absolute atomic E-state index is 0.0403. The molecule has 51 heavy (non-hydrogen) atoms. The fourth-order valence-corrected chi connectivity index (χ4v) is 8.69. The van der Waals surface area contributed by atoms with Crippen LogP contribution in [0.15, 0.2) is 60.8 Å². The number of amides is 2. The predicted molar refractivity (Wildman–Crippen MR) is 192 cm³/mol. The molecule has 0 aliphatic carbocycles. The van der Waals surface area contributed by atoms with Crippen molar-refractivity contribution in [3.05, 3.63) is 82.5 Å². The molecule has 2 aromatic heterocycles. The maximum absolute atomic E-state index is 11.8. The maximum Gasteiger partial charge on any atom is 0.220 e. The van der Waals surface area contributed by atoms with Crippen molar-refractivity contribution in [3.63, 3.8) is 0 Å². The van der Waals surface area contributed by atoms with Crippen molar-refractivity contribution in [1.29, 1.82) is 5.26 Å². The number of nitriles is 1. The van der Waals surface area contributed by atoms with Crippen LogP contribution in [0.3, 0.4) is 0 Å². The molecule has 4 aromatic rings. The molecule has 2 amide bonds. The Bertz CT molecular complexity index is 2100. The number of methoxy groups -OCH3 is 2. The zero-order valence-corrected chi connectivity index (χ0v) is 29.3. The molecule has 0 unspecified atom stereocenters. The molecule has 4 fully saturated rings. The summed E-state index contributed by atoms with van der Waals surface area (Å²) in [4.78, 5) is 37.6. The SMILES string of the molecule is COc1cc(-c2nccc(-c3cccc(-c4ccc(CN5CC6(CNC(=O)C6)C5)c(OC)n4)c3C#N)c2Cl)ccc1CN1CC2(CNC(=O)C2)C1. The summed E-state index contributed by atoms with van der Waals surface area (Å²) in [6.45, 7) is 6.32. The van der Waals surface area contributed by atoms with Gasteiger partial charge in [0.1, 0.15) is 11.8 Å². The molecule has 4 saturated heterocycles. The highest BCUT2D eigenvalue weighted by atomic mass is 35.5. The molecular weight excluding hydrogens is 666 g/mol. The van der Waals surface area contributed by atoms with Crippen LogP contribution in [0.2, 0.25) is 5.02 Å². The summed E-state index contributed by atoms with van der Waals surface area (Å²) in [5.74, 6) is 1.50. The topological polar surface area (TPSA) is 133 Å². The Morgan fingerprint density at radius 2 is 1.49 bits per heavy atom. The molecule has 2 N–H and O–H groups in total. The zero-order valence-electron chi connectivity index (χ0n) is 28.6. The normalized spacial score (nSPS) is 18.9. The minimum atomic E-state index is 0.0403. The second-order valence-electron chi connectivity index (χ2n) is 14.4. The van der Waals surface area contributed by atoms with E-state index in [1.165, 1.54) is 0 Å². The van der Waals surface area contributed by atoms with Crippen LogP contribution < -0.4 is 20.1 Å². The van der Waals surface area contributed by atoms with Crippen LogP contribution in [0.5, 0.6) is 11.6 Å². The lowest BCUT2D eigenvalue weighted by molar-refractivity contribution is -0.121. The van der Waals surface area contributed by atoms with E-state index < -0.39 is 0 Å². The van der Waals surface area contributed by atoms with Crippen LogP contribution in [-0.4, -0.2) is 85.1 Å². The van der Waals surface area contributed by atoms with Gasteiger partial charge in [-0.2, -0.15) is 5.26 Å². The quantitative estimate of drug-likeness (QED) is 0.255. The van der Waals surface area contributed by atoms with E-state index >= 15 is 0 Å². The summed E-state index contributed by atoms with van der Waals surface area (Å²) in [6.07, 6.45) is 2.88. The number of hydrogen-bond donors (Lipinski definition) is 2. The first-order chi connectivity index (χ1) is 24.7. The van der Waals surface area contributed by atoms with Crippen LogP contribution >= 0.6 is 11.6 Å². The van der Waals surface area contributed by atoms with Gasteiger partial charge in [-0.25, -0.2) is 4.98 Å². The van der Waals surface area contributed by atoms with Crippen molar-refractivity contribution in [3.8, 4) is 51.3 Å². The number of hydrogen-bond acceptors (Lipinski definition) is 9. The van der Waals surface area contributed by atoms with E-state index in [0.717, 1.165) is 68.3 Å². The van der Waals surface area contributed by atoms with Crippen LogP contribution in [0.4, 0.5) is 0 Å². The number of ether oxygens (including phenoxy) is 2. The first-order valence-electron chi connectivity index (χ1n) is 17.1. The lowest BCUT2D eigenvalue weighted by Crippen LogP contribution is -2.56. The molecule has 0 bridgehead atoms. The lowest BCUT2D eigenvalue weighted by atomic mass is 9.79. The Morgan fingerprint density at radius 3 is 2.10 bits per heavy atom. The summed E-state index contributed by atoms with van der Waals surface area (Å²) in [7, 11) is 3.26. The molecule has 11 nitrogen and oxygen atoms in total. The van der Waals surface area contributed by atoms with E-state index in [1.807, 2.05) is 54.6 Å². The third-order valence-electron chi connectivity index (χ3n) is 10.7. The van der Waals surface area contributed by atoms with Gasteiger partial charge in [0.25, 0.3) is 0 Å². The molecule has 8 rings (SSSR count). The van der Waals surface area contributed by atoms with Crippen LogP contribution in [0.1, 0.15) is 29.5 Å². The van der Waals surface area contributed by atoms with Crippen molar-refractivity contribution in [2.24, 2.45) is 10.8 Å². The average molecular weight is 704 g/mol. The fourth-order valence-electron chi connectivity index (χ4n) is 8.36. The number of carbonyl (C=O) groups excluding carboxylic acids is 2. The molecule has 0 radical (unpaired) electrons. The Balaban J connectivity index is 1.03. The number of nitrogens with one attached hydrogen (secondary N) is 2. The van der Waals surface area contributed by atoms with E-state index in [1.54, 1.807) is 20.4 Å². The molecule has 4 aliphatic heterocycles. The Morgan fingerprint density at radius 1 is 0.843 bits per heavy atom. The van der Waals surface area contributed by atoms with Crippen molar-refractivity contribution < 1.29 is 19.1 Å². The Kier molecular flexibility index (Phi) is 8.41. The second kappa shape index (κ2) is 12.9. The van der Waals surface area contributed by atoms with E-state index in [9.17, 15) is 14.9 Å². The number of rotatable bonds is 9. The summed E-state index contributed by atoms with van der Waals surface area (Å²) in [6, 6.07) is 19.8. The van der Waals surface area contributed by atoms with Crippen molar-refractivity contribution in [2.45, 2.75) is 25.9 Å². The van der Waals surface area contributed by atoms with Crippen molar-refractivity contribution in [2.75, 3.05) is 53.5 Å². The van der Waals surface area contributed by atoms with Gasteiger partial charge in [0.2, 0.25) is 17.7 Å². The predicted octanol–water partition coefficient (Wildman–Crippen LogP) is 4.66. The van der Waals surface area contributed by atoms with Crippen LogP contribution in [0, 0.1) is 22.2 Å². The standard InChI is InChI=1S/C39H38ClN7O4/c1-50-32-12-24(6-7-25(32)16-46-20-38(21-46)13-33(48)43-18-38)36-35(40)29(10-11-42-36)27-4-3-5-28(30(27)15-41)31-9-8-26(37(45-31)51-2)17-47-22-39(23-47)14-34(49)44-19-39/h3-12H,13-14,16-23H2,1-2H3,(H,43,48)(H,44,49). The van der Waals surface area contributed by atoms with Gasteiger partial charge in [-0.1, -0.05) is 48.0 Å². The highest BCUT2D eigenvalue weighted by Crippen LogP contribution is 2.42. The number of aromatic nitrogens is 2. The van der Waals surface area contributed by atoms with E-state index in [2.05, 4.69) is 31.5 Å². The van der Waals surface area contributed by atoms with Crippen LogP contribution in [0.25, 0.3) is 33.6 Å². The summed E-state index contributed by atoms with van der Waals surface area (Å²) in [5.41, 5.74) is 6.57. The van der Waals surface area contributed by atoms with Gasteiger partial charge in [-0.3, -0.25) is 24.4 Å². The third kappa shape index (κ3) is 6.07. The van der Waals surface area contributed by atoms with Gasteiger partial charge in [0, 0.05) is 116 Å². The second-order valence-corrected chi connectivity index (χ2v) is 14.8. The largest absolute Gasteiger partial charge is 0.496 e. The molecular formula is C39H38ClN7O4. The molecule has 0 saturated carbocycles. The van der Waals surface area contributed by atoms with E-state index in [-0.39, 0.29) is 22.6 Å². The fraction of sp³-hybridized carbons (Fsp3) is 0.359. The summed E-state index contributed by atoms with van der Waals surface area (Å²) in [5, 5.41) is 16.8. The molecule has 6 heterocycles. The van der Waals surface area contributed by atoms with Gasteiger partial charge in [0.15, 0.2) is 0 Å². The first kappa shape index (κ1) is 33.1. The maximum atomic E-state index is 11.8. The summed E-state index contributed by atoms with van der Waals surface area (Å²) < 4.78 is 11.5. The molecule has 12 heteroatoms. The number of carbonyl (C=O) groups is 2. The van der Waals surface area contributed by atoms with Crippen LogP contribution in [-0.2, 0) is 22.7 Å². The lowest BCUT2D eigenvalue weighted by Gasteiger charge is -2.47. The zero-order chi connectivity index (χ0) is 35.3. The first-order valence-corrected chi connectivity index (χ1v) is 17.5. The average Bonchev–Trinajstić information content (AvgIpc) is 3.70. The molecule has 0 atom stereocenters. The monoisotopic (exact) mass is 703 g/mol. The number of nitrogens with zero attached hydrogens (tertiary/aromatic N) is 5. The van der Waals surface area contributed by atoms with Crippen molar-refractivity contribution in [1.82, 2.24) is 30.4 Å². The molecule has 2 aromatic carbocycles. The van der Waals surface area contributed by atoms with Gasteiger partial charge in [0.05, 0.1) is 36.2 Å². The highest BCUT2D eigenvalue weighted by molar-refractivity contribution is 6.35. The Labute approximate surface area is 301 Å². The number of benzene rings is 2. The van der Waals surface area contributed by atoms with Gasteiger partial charge >= 0.3 is 0 Å². The number of likely N-dealkylation sites (tertiary alicyclic amines) is 2. The van der Waals surface area contributed by atoms with Gasteiger partial charge in [-0.15, -0.1) is 0 Å². The highest BCUT2D eigenvalue weighted by Gasteiger charge is 2.49. The van der Waals surface area contributed by atoms with Crippen molar-refractivity contribution >= 4 is 23.4 Å². The minimum Gasteiger partial charge on any atom is -0.496 e. The van der Waals surface area contributed by atoms with Gasteiger partial charge in [-0.05, 0) is 18.2 Å². The summed E-state index contributed by atoms with van der Waals surface area (Å²) >= 11 is 7.11. The molecule has 4 aliphatic rings.